The van der Waals surface area contributed by atoms with E-state index in [1.54, 1.807) is 0 Å². The maximum Gasteiger partial charge on any atom is 0.312 e. The van der Waals surface area contributed by atoms with E-state index in [1.807, 2.05) is 0 Å². The number of carboxylic acid groups (broad SMARTS) is 1. The molecule has 1 amide bonds. The average molecular weight is 265 g/mol. The molecule has 106 valence electrons. The first kappa shape index (κ1) is 12.9. The number of carboxylic acids is 1. The minimum Gasteiger partial charge on any atom is -0.481 e. The van der Waals surface area contributed by atoms with Gasteiger partial charge in [-0.1, -0.05) is 13.8 Å². The van der Waals surface area contributed by atoms with Crippen LogP contribution in [0.5, 0.6) is 0 Å². The lowest BCUT2D eigenvalue weighted by Gasteiger charge is -2.65. The van der Waals surface area contributed by atoms with E-state index in [4.69, 9.17) is 5.11 Å². The van der Waals surface area contributed by atoms with Crippen molar-refractivity contribution < 1.29 is 14.7 Å². The van der Waals surface area contributed by atoms with E-state index in [9.17, 15) is 9.59 Å². The first-order valence-electron chi connectivity index (χ1n) is 7.25. The van der Waals surface area contributed by atoms with Crippen molar-refractivity contribution in [3.63, 3.8) is 0 Å². The van der Waals surface area contributed by atoms with Crippen molar-refractivity contribution in [2.45, 2.75) is 64.3 Å². The molecule has 0 heterocycles. The van der Waals surface area contributed by atoms with E-state index in [1.165, 1.54) is 19.3 Å². The molecule has 0 aliphatic heterocycles. The molecule has 4 rings (SSSR count). The van der Waals surface area contributed by atoms with Gasteiger partial charge in [0, 0.05) is 5.54 Å². The molecule has 2 atom stereocenters. The van der Waals surface area contributed by atoms with Crippen LogP contribution in [0.1, 0.15) is 58.8 Å². The molecule has 4 aliphatic carbocycles. The SMILES string of the molecule is CC12CC3CC(C)(C1)CC(NC(=O)CC(=O)O)(C3)C2. The van der Waals surface area contributed by atoms with Crippen molar-refractivity contribution in [1.82, 2.24) is 5.32 Å². The Hall–Kier alpha value is -1.06. The number of amides is 1. The van der Waals surface area contributed by atoms with Crippen molar-refractivity contribution in [3.8, 4) is 0 Å². The van der Waals surface area contributed by atoms with Gasteiger partial charge in [-0.2, -0.15) is 0 Å². The Bertz CT molecular complexity index is 427. The highest BCUT2D eigenvalue weighted by molar-refractivity contribution is 5.93. The molecule has 0 saturated heterocycles. The van der Waals surface area contributed by atoms with Crippen molar-refractivity contribution in [1.29, 1.82) is 0 Å². The van der Waals surface area contributed by atoms with Crippen LogP contribution >= 0.6 is 0 Å². The van der Waals surface area contributed by atoms with Gasteiger partial charge in [0.2, 0.25) is 5.91 Å². The number of nitrogens with one attached hydrogen (secondary N) is 1. The van der Waals surface area contributed by atoms with Gasteiger partial charge in [-0.05, 0) is 55.3 Å². The second-order valence-electron chi connectivity index (χ2n) is 8.03. The smallest absolute Gasteiger partial charge is 0.312 e. The zero-order valence-electron chi connectivity index (χ0n) is 11.8. The van der Waals surface area contributed by atoms with E-state index in [-0.39, 0.29) is 11.4 Å². The molecule has 0 aromatic carbocycles. The minimum absolute atomic E-state index is 0.130. The average Bonchev–Trinajstić information content (AvgIpc) is 2.06. The number of carbonyl (C=O) groups is 2. The molecule has 0 aromatic heterocycles. The van der Waals surface area contributed by atoms with Gasteiger partial charge in [0.15, 0.2) is 0 Å². The van der Waals surface area contributed by atoms with Crippen molar-refractivity contribution >= 4 is 11.9 Å². The number of aliphatic carboxylic acids is 1. The molecule has 4 bridgehead atoms. The monoisotopic (exact) mass is 265 g/mol. The van der Waals surface area contributed by atoms with E-state index < -0.39 is 12.4 Å². The minimum atomic E-state index is -1.04. The summed E-state index contributed by atoms with van der Waals surface area (Å²) in [6.45, 7) is 4.68. The summed E-state index contributed by atoms with van der Waals surface area (Å²) in [4.78, 5) is 22.5. The van der Waals surface area contributed by atoms with Crippen LogP contribution in [0.25, 0.3) is 0 Å². The zero-order valence-corrected chi connectivity index (χ0v) is 11.8. The molecule has 4 fully saturated rings. The normalized spacial score (nSPS) is 47.2. The topological polar surface area (TPSA) is 66.4 Å². The van der Waals surface area contributed by atoms with E-state index in [0.717, 1.165) is 19.3 Å². The molecule has 2 N–H and O–H groups in total. The fourth-order valence-corrected chi connectivity index (χ4v) is 6.06. The lowest BCUT2D eigenvalue weighted by atomic mass is 9.43. The maximum atomic E-state index is 11.9. The third-order valence-electron chi connectivity index (χ3n) is 5.34. The fraction of sp³-hybridized carbons (Fsp3) is 0.867. The second-order valence-corrected chi connectivity index (χ2v) is 8.03. The van der Waals surface area contributed by atoms with Crippen LogP contribution in [-0.4, -0.2) is 22.5 Å². The summed E-state index contributed by atoms with van der Waals surface area (Å²) in [7, 11) is 0. The van der Waals surface area contributed by atoms with Crippen LogP contribution in [0.4, 0.5) is 0 Å². The molecule has 4 nitrogen and oxygen atoms in total. The Labute approximate surface area is 113 Å². The van der Waals surface area contributed by atoms with Crippen molar-refractivity contribution in [3.05, 3.63) is 0 Å². The van der Waals surface area contributed by atoms with Gasteiger partial charge < -0.3 is 10.4 Å². The van der Waals surface area contributed by atoms with Crippen molar-refractivity contribution in [2.24, 2.45) is 16.7 Å². The molecule has 0 radical (unpaired) electrons. The second kappa shape index (κ2) is 3.74. The summed E-state index contributed by atoms with van der Waals surface area (Å²) in [5, 5.41) is 11.8. The molecule has 0 aromatic rings. The highest BCUT2D eigenvalue weighted by Crippen LogP contribution is 2.66. The Balaban J connectivity index is 1.81. The Morgan fingerprint density at radius 3 is 2.16 bits per heavy atom. The van der Waals surface area contributed by atoms with Gasteiger partial charge in [0.05, 0.1) is 0 Å². The Morgan fingerprint density at radius 1 is 1.11 bits per heavy atom. The maximum absolute atomic E-state index is 11.9. The number of hydrogen-bond donors (Lipinski definition) is 2. The first-order chi connectivity index (χ1) is 8.72. The summed E-state index contributed by atoms with van der Waals surface area (Å²) in [6, 6.07) is 0. The Kier molecular flexibility index (Phi) is 2.55. The molecule has 2 unspecified atom stereocenters. The van der Waals surface area contributed by atoms with Gasteiger partial charge >= 0.3 is 5.97 Å². The van der Waals surface area contributed by atoms with Gasteiger partial charge in [0.1, 0.15) is 6.42 Å². The van der Waals surface area contributed by atoms with Crippen molar-refractivity contribution in [2.75, 3.05) is 0 Å². The molecule has 4 aliphatic rings. The largest absolute Gasteiger partial charge is 0.481 e. The molecule has 19 heavy (non-hydrogen) atoms. The predicted molar refractivity (Wildman–Crippen MR) is 70.5 cm³/mol. The highest BCUT2D eigenvalue weighted by Gasteiger charge is 2.60. The molecule has 4 heteroatoms. The van der Waals surface area contributed by atoms with Crippen LogP contribution in [-0.2, 0) is 9.59 Å². The third kappa shape index (κ3) is 2.26. The molecule has 4 saturated carbocycles. The van der Waals surface area contributed by atoms with Crippen LogP contribution in [0.2, 0.25) is 0 Å². The van der Waals surface area contributed by atoms with E-state index in [0.29, 0.717) is 16.7 Å². The van der Waals surface area contributed by atoms with Gasteiger partial charge in [-0.15, -0.1) is 0 Å². The molecular formula is C15H23NO3. The summed E-state index contributed by atoms with van der Waals surface area (Å²) in [6.07, 6.45) is 6.50. The van der Waals surface area contributed by atoms with Crippen LogP contribution in [0.3, 0.4) is 0 Å². The summed E-state index contributed by atoms with van der Waals surface area (Å²) >= 11 is 0. The first-order valence-corrected chi connectivity index (χ1v) is 7.25. The van der Waals surface area contributed by atoms with Crippen LogP contribution in [0, 0.1) is 16.7 Å². The fourth-order valence-electron chi connectivity index (χ4n) is 6.06. The quantitative estimate of drug-likeness (QED) is 0.770. The molecular weight excluding hydrogens is 242 g/mol. The summed E-state index contributed by atoms with van der Waals surface area (Å²) < 4.78 is 0. The van der Waals surface area contributed by atoms with Crippen LogP contribution in [0.15, 0.2) is 0 Å². The standard InChI is InChI=1S/C15H23NO3/c1-13-4-10-5-14(2,7-13)9-15(6-10,8-13)16-11(17)3-12(18)19/h10H,3-9H2,1-2H3,(H,16,17)(H,18,19). The number of rotatable bonds is 3. The number of hydrogen-bond acceptors (Lipinski definition) is 2. The highest BCUT2D eigenvalue weighted by atomic mass is 16.4. The Morgan fingerprint density at radius 2 is 1.68 bits per heavy atom. The number of carbonyl (C=O) groups excluding carboxylic acids is 1. The van der Waals surface area contributed by atoms with Crippen LogP contribution < -0.4 is 5.32 Å². The summed E-state index contributed by atoms with van der Waals surface area (Å²) in [5.74, 6) is -0.655. The van der Waals surface area contributed by atoms with E-state index in [2.05, 4.69) is 19.2 Å². The van der Waals surface area contributed by atoms with E-state index >= 15 is 0 Å². The molecule has 0 spiro atoms. The van der Waals surface area contributed by atoms with Gasteiger partial charge in [-0.3, -0.25) is 9.59 Å². The summed E-state index contributed by atoms with van der Waals surface area (Å²) in [5.41, 5.74) is 0.546. The van der Waals surface area contributed by atoms with Gasteiger partial charge in [0.25, 0.3) is 0 Å². The third-order valence-corrected chi connectivity index (χ3v) is 5.34. The van der Waals surface area contributed by atoms with Gasteiger partial charge in [-0.25, -0.2) is 0 Å². The lowest BCUT2D eigenvalue weighted by Crippen LogP contribution is -2.65. The predicted octanol–water partition coefficient (Wildman–Crippen LogP) is 2.33. The zero-order chi connectivity index (χ0) is 13.9. The lowest BCUT2D eigenvalue weighted by molar-refractivity contribution is -0.146.